The van der Waals surface area contributed by atoms with Gasteiger partial charge in [0, 0.05) is 24.0 Å². The van der Waals surface area contributed by atoms with Crippen molar-refractivity contribution in [3.05, 3.63) is 36.3 Å². The average Bonchev–Trinajstić information content (AvgIpc) is 3.09. The first kappa shape index (κ1) is 21.6. The van der Waals surface area contributed by atoms with Crippen LogP contribution >= 0.6 is 0 Å². The van der Waals surface area contributed by atoms with Gasteiger partial charge in [-0.3, -0.25) is 9.78 Å². The van der Waals surface area contributed by atoms with Gasteiger partial charge in [-0.15, -0.1) is 0 Å². The highest BCUT2D eigenvalue weighted by Gasteiger charge is 2.40. The minimum atomic E-state index is -1.18. The van der Waals surface area contributed by atoms with Crippen molar-refractivity contribution in [3.63, 3.8) is 0 Å². The summed E-state index contributed by atoms with van der Waals surface area (Å²) >= 11 is 0. The lowest BCUT2D eigenvalue weighted by atomic mass is 9.78. The summed E-state index contributed by atoms with van der Waals surface area (Å²) < 4.78 is 22.8. The summed E-state index contributed by atoms with van der Waals surface area (Å²) in [5.74, 6) is 1.44. The molecule has 2 aliphatic rings. The Morgan fingerprint density at radius 2 is 2.10 bits per heavy atom. The molecule has 2 heterocycles. The molecule has 0 saturated heterocycles. The second-order valence-corrected chi connectivity index (χ2v) is 7.87. The quantitative estimate of drug-likeness (QED) is 0.508. The smallest absolute Gasteiger partial charge is 0.492 e. The van der Waals surface area contributed by atoms with E-state index in [0.717, 1.165) is 12.8 Å². The number of benzene rings is 1. The van der Waals surface area contributed by atoms with Gasteiger partial charge in [0.1, 0.15) is 11.5 Å². The maximum atomic E-state index is 12.1. The molecule has 2 aromatic rings. The van der Waals surface area contributed by atoms with Crippen LogP contribution in [0.4, 0.5) is 0 Å². The van der Waals surface area contributed by atoms with Crippen molar-refractivity contribution in [1.29, 1.82) is 0 Å². The number of carbonyl (C=O) groups is 1. The Balaban J connectivity index is 1.61. The van der Waals surface area contributed by atoms with Gasteiger partial charge in [-0.25, -0.2) is 4.98 Å². The molecule has 1 aliphatic carbocycles. The lowest BCUT2D eigenvalue weighted by Gasteiger charge is -2.23. The van der Waals surface area contributed by atoms with Crippen molar-refractivity contribution in [2.24, 2.45) is 5.92 Å². The number of hydrogen-bond donors (Lipinski definition) is 1. The van der Waals surface area contributed by atoms with Crippen LogP contribution in [0.25, 0.3) is 0 Å². The van der Waals surface area contributed by atoms with Gasteiger partial charge < -0.3 is 23.9 Å². The molecular weight excluding hydrogens is 399 g/mol. The Morgan fingerprint density at radius 1 is 1.26 bits per heavy atom. The molecule has 164 valence electrons. The molecule has 1 unspecified atom stereocenters. The fraction of sp³-hybridized carbons (Fsp3) is 0.500. The van der Waals surface area contributed by atoms with E-state index in [0.29, 0.717) is 40.9 Å². The number of fused-ring (bicyclic) bond motifs is 1. The molecule has 8 nitrogen and oxygen atoms in total. The number of carbonyl (C=O) groups excluding carboxylic acids is 1. The van der Waals surface area contributed by atoms with Crippen molar-refractivity contribution >= 4 is 18.6 Å². The van der Waals surface area contributed by atoms with E-state index in [1.54, 1.807) is 25.3 Å². The average molecular weight is 426 g/mol. The Bertz CT molecular complexity index is 891. The van der Waals surface area contributed by atoms with Crippen LogP contribution in [0.1, 0.15) is 57.1 Å². The van der Waals surface area contributed by atoms with Crippen LogP contribution < -0.4 is 14.9 Å². The topological polar surface area (TPSA) is 100 Å². The Hall–Kier alpha value is -2.65. The van der Waals surface area contributed by atoms with Gasteiger partial charge in [-0.1, -0.05) is 19.3 Å². The number of nitrogens with zero attached hydrogens (tertiary/aromatic N) is 2. The predicted molar refractivity (Wildman–Crippen MR) is 113 cm³/mol. The van der Waals surface area contributed by atoms with Gasteiger partial charge in [0.25, 0.3) is 0 Å². The molecule has 4 rings (SSSR count). The molecule has 0 radical (unpaired) electrons. The van der Waals surface area contributed by atoms with Crippen LogP contribution in [0.15, 0.2) is 30.7 Å². The summed E-state index contributed by atoms with van der Waals surface area (Å²) in [5, 5.41) is 10.5. The van der Waals surface area contributed by atoms with Gasteiger partial charge >= 0.3 is 13.1 Å². The molecule has 1 aromatic heterocycles. The van der Waals surface area contributed by atoms with Gasteiger partial charge in [0.2, 0.25) is 5.88 Å². The number of aromatic nitrogens is 2. The van der Waals surface area contributed by atoms with E-state index >= 15 is 0 Å². The minimum absolute atomic E-state index is 0.00204. The van der Waals surface area contributed by atoms with Crippen molar-refractivity contribution in [1.82, 2.24) is 9.97 Å². The Kier molecular flexibility index (Phi) is 7.04. The highest BCUT2D eigenvalue weighted by atomic mass is 16.6. The van der Waals surface area contributed by atoms with Gasteiger partial charge in [-0.05, 0) is 37.2 Å². The maximum Gasteiger partial charge on any atom is 0.492 e. The second kappa shape index (κ2) is 10.1. The Labute approximate surface area is 182 Å². The maximum absolute atomic E-state index is 12.1. The first-order chi connectivity index (χ1) is 15.1. The van der Waals surface area contributed by atoms with Crippen LogP contribution in [-0.2, 0) is 14.2 Å². The van der Waals surface area contributed by atoms with Crippen LogP contribution in [0, 0.1) is 5.92 Å². The SMILES string of the molecule is CCOC(=O)CC1OB(O)c2cc(Oc3cnccn3)cc(OCC3CCCCC3)c21. The van der Waals surface area contributed by atoms with E-state index in [1.165, 1.54) is 31.7 Å². The number of hydrogen-bond acceptors (Lipinski definition) is 8. The summed E-state index contributed by atoms with van der Waals surface area (Å²) in [4.78, 5) is 20.2. The zero-order valence-corrected chi connectivity index (χ0v) is 17.7. The van der Waals surface area contributed by atoms with Crippen LogP contribution in [-0.4, -0.2) is 41.3 Å². The third-order valence-electron chi connectivity index (χ3n) is 5.65. The molecule has 9 heteroatoms. The Morgan fingerprint density at radius 3 is 2.84 bits per heavy atom. The van der Waals surface area contributed by atoms with Crippen LogP contribution in [0.5, 0.6) is 17.4 Å². The first-order valence-electron chi connectivity index (χ1n) is 10.9. The lowest BCUT2D eigenvalue weighted by molar-refractivity contribution is -0.145. The summed E-state index contributed by atoms with van der Waals surface area (Å²) in [7, 11) is -1.18. The van der Waals surface area contributed by atoms with Gasteiger partial charge in [-0.2, -0.15) is 0 Å². The fourth-order valence-corrected chi connectivity index (χ4v) is 4.19. The zero-order valence-electron chi connectivity index (χ0n) is 17.7. The summed E-state index contributed by atoms with van der Waals surface area (Å²) in [6.07, 6.45) is 9.96. The van der Waals surface area contributed by atoms with E-state index in [4.69, 9.17) is 18.9 Å². The third kappa shape index (κ3) is 5.35. The highest BCUT2D eigenvalue weighted by Crippen LogP contribution is 2.38. The largest absolute Gasteiger partial charge is 0.493 e. The monoisotopic (exact) mass is 426 g/mol. The molecule has 1 aliphatic heterocycles. The lowest BCUT2D eigenvalue weighted by Crippen LogP contribution is -2.28. The third-order valence-corrected chi connectivity index (χ3v) is 5.65. The van der Waals surface area contributed by atoms with Crippen molar-refractivity contribution in [2.75, 3.05) is 13.2 Å². The van der Waals surface area contributed by atoms with Gasteiger partial charge in [0.05, 0.1) is 31.9 Å². The molecular formula is C22H27BN2O6. The molecule has 1 aromatic carbocycles. The second-order valence-electron chi connectivity index (χ2n) is 7.87. The van der Waals surface area contributed by atoms with E-state index in [9.17, 15) is 9.82 Å². The molecule has 31 heavy (non-hydrogen) atoms. The molecule has 1 fully saturated rings. The number of esters is 1. The predicted octanol–water partition coefficient (Wildman–Crippen LogP) is 2.94. The van der Waals surface area contributed by atoms with E-state index < -0.39 is 13.2 Å². The van der Waals surface area contributed by atoms with Gasteiger partial charge in [0.15, 0.2) is 0 Å². The summed E-state index contributed by atoms with van der Waals surface area (Å²) in [6, 6.07) is 3.45. The van der Waals surface area contributed by atoms with E-state index in [1.807, 2.05) is 0 Å². The zero-order chi connectivity index (χ0) is 21.6. The van der Waals surface area contributed by atoms with Crippen molar-refractivity contribution in [2.45, 2.75) is 51.6 Å². The molecule has 0 amide bonds. The molecule has 0 bridgehead atoms. The van der Waals surface area contributed by atoms with Crippen molar-refractivity contribution in [3.8, 4) is 17.4 Å². The van der Waals surface area contributed by atoms with E-state index in [-0.39, 0.29) is 19.0 Å². The van der Waals surface area contributed by atoms with Crippen LogP contribution in [0.2, 0.25) is 0 Å². The summed E-state index contributed by atoms with van der Waals surface area (Å²) in [5.41, 5.74) is 1.19. The molecule has 1 N–H and O–H groups in total. The molecule has 1 saturated carbocycles. The fourth-order valence-electron chi connectivity index (χ4n) is 4.19. The first-order valence-corrected chi connectivity index (χ1v) is 10.9. The highest BCUT2D eigenvalue weighted by molar-refractivity contribution is 6.62. The standard InChI is InChI=1S/C22H27BN2O6/c1-2-28-21(26)12-19-22-17(23(27)31-19)10-16(30-20-13-24-8-9-25-20)11-18(22)29-14-15-6-4-3-5-7-15/h8-11,13,15,19,27H,2-7,12,14H2,1H3. The number of ether oxygens (including phenoxy) is 3. The minimum Gasteiger partial charge on any atom is -0.493 e. The normalized spacial score (nSPS) is 18.5. The molecule has 0 spiro atoms. The van der Waals surface area contributed by atoms with Crippen molar-refractivity contribution < 1.29 is 28.7 Å². The summed E-state index contributed by atoms with van der Waals surface area (Å²) in [6.45, 7) is 2.62. The number of rotatable bonds is 8. The molecule has 1 atom stereocenters. The van der Waals surface area contributed by atoms with E-state index in [2.05, 4.69) is 9.97 Å². The van der Waals surface area contributed by atoms with Crippen LogP contribution in [0.3, 0.4) is 0 Å².